The number of halogens is 3. The fourth-order valence-corrected chi connectivity index (χ4v) is 2.37. The Labute approximate surface area is 112 Å². The Balaban J connectivity index is 2.23. The fraction of sp³-hybridized carbons (Fsp3) is 0.500. The first-order valence-electron chi connectivity index (χ1n) is 5.68. The van der Waals surface area contributed by atoms with Crippen molar-refractivity contribution in [3.63, 3.8) is 0 Å². The molecule has 0 spiro atoms. The zero-order valence-corrected chi connectivity index (χ0v) is 11.5. The van der Waals surface area contributed by atoms with Gasteiger partial charge in [-0.05, 0) is 35.3 Å². The van der Waals surface area contributed by atoms with E-state index in [1.807, 2.05) is 0 Å². The molecule has 3 nitrogen and oxygen atoms in total. The molecule has 0 aromatic carbocycles. The van der Waals surface area contributed by atoms with Gasteiger partial charge in [-0.25, -0.2) is 8.78 Å². The summed E-state index contributed by atoms with van der Waals surface area (Å²) in [5.74, 6) is -3.15. The summed E-state index contributed by atoms with van der Waals surface area (Å²) in [7, 11) is 0. The highest BCUT2D eigenvalue weighted by Gasteiger charge is 2.37. The lowest BCUT2D eigenvalue weighted by atomic mass is 10.1. The number of carbonyl (C=O) groups excluding carboxylic acids is 1. The smallest absolute Gasteiger partial charge is 0.265 e. The second kappa shape index (κ2) is 4.91. The minimum absolute atomic E-state index is 0.146. The maximum Gasteiger partial charge on any atom is 0.265 e. The molecule has 1 saturated heterocycles. The van der Waals surface area contributed by atoms with Crippen LogP contribution in [0, 0.1) is 6.92 Å². The fourth-order valence-electron chi connectivity index (χ4n) is 2.03. The molecule has 1 amide bonds. The highest BCUT2D eigenvalue weighted by atomic mass is 79.9. The molecule has 2 rings (SSSR count). The molecular formula is C12H13BrF2N2O. The van der Waals surface area contributed by atoms with Crippen molar-refractivity contribution in [1.82, 2.24) is 9.88 Å². The molecule has 1 aromatic heterocycles. The third kappa shape index (κ3) is 2.85. The van der Waals surface area contributed by atoms with Gasteiger partial charge in [0, 0.05) is 23.6 Å². The average molecular weight is 319 g/mol. The van der Waals surface area contributed by atoms with E-state index >= 15 is 0 Å². The lowest BCUT2D eigenvalue weighted by Gasteiger charge is -2.32. The average Bonchev–Trinajstić information content (AvgIpc) is 2.30. The predicted octanol–water partition coefficient (Wildman–Crippen LogP) is 3.02. The number of pyridine rings is 1. The Bertz CT molecular complexity index is 479. The Morgan fingerprint density at radius 3 is 2.94 bits per heavy atom. The van der Waals surface area contributed by atoms with Crippen LogP contribution < -0.4 is 0 Å². The first kappa shape index (κ1) is 13.4. The molecule has 0 N–H and O–H groups in total. The maximum atomic E-state index is 13.3. The largest absolute Gasteiger partial charge is 0.333 e. The van der Waals surface area contributed by atoms with Crippen molar-refractivity contribution in [1.29, 1.82) is 0 Å². The second-order valence-electron chi connectivity index (χ2n) is 4.47. The third-order valence-corrected chi connectivity index (χ3v) is 3.40. The van der Waals surface area contributed by atoms with Crippen LogP contribution in [0.1, 0.15) is 28.9 Å². The molecule has 0 bridgehead atoms. The van der Waals surface area contributed by atoms with Crippen LogP contribution in [0.25, 0.3) is 0 Å². The first-order valence-corrected chi connectivity index (χ1v) is 6.48. The van der Waals surface area contributed by atoms with Gasteiger partial charge in [0.2, 0.25) is 0 Å². The van der Waals surface area contributed by atoms with Gasteiger partial charge in [0.25, 0.3) is 11.8 Å². The summed E-state index contributed by atoms with van der Waals surface area (Å²) in [5, 5.41) is 0. The van der Waals surface area contributed by atoms with Gasteiger partial charge < -0.3 is 4.90 Å². The van der Waals surface area contributed by atoms with E-state index in [4.69, 9.17) is 0 Å². The van der Waals surface area contributed by atoms with E-state index in [9.17, 15) is 13.6 Å². The highest BCUT2D eigenvalue weighted by Crippen LogP contribution is 2.28. The Kier molecular flexibility index (Phi) is 3.66. The van der Waals surface area contributed by atoms with E-state index in [0.29, 0.717) is 28.7 Å². The van der Waals surface area contributed by atoms with Crippen molar-refractivity contribution in [2.24, 2.45) is 0 Å². The third-order valence-electron chi connectivity index (χ3n) is 2.96. The Hall–Kier alpha value is -1.04. The summed E-state index contributed by atoms with van der Waals surface area (Å²) in [6.45, 7) is 1.57. The van der Waals surface area contributed by atoms with E-state index in [2.05, 4.69) is 20.9 Å². The molecule has 98 valence electrons. The normalized spacial score (nSPS) is 18.8. The van der Waals surface area contributed by atoms with Crippen LogP contribution in [0.5, 0.6) is 0 Å². The molecule has 0 aliphatic carbocycles. The standard InChI is InChI=1S/C12H13BrF2N2O/c1-8-10(5-9(13)6-16-8)11(18)17-4-2-3-12(14,15)7-17/h5-6H,2-4,7H2,1H3. The van der Waals surface area contributed by atoms with Crippen LogP contribution in [0.2, 0.25) is 0 Å². The summed E-state index contributed by atoms with van der Waals surface area (Å²) in [4.78, 5) is 17.4. The number of aromatic nitrogens is 1. The van der Waals surface area contributed by atoms with Crippen molar-refractivity contribution in [3.8, 4) is 0 Å². The van der Waals surface area contributed by atoms with Crippen LogP contribution in [0.4, 0.5) is 8.78 Å². The molecule has 18 heavy (non-hydrogen) atoms. The molecule has 1 aromatic rings. The lowest BCUT2D eigenvalue weighted by Crippen LogP contribution is -2.45. The van der Waals surface area contributed by atoms with Gasteiger partial charge in [-0.3, -0.25) is 9.78 Å². The summed E-state index contributed by atoms with van der Waals surface area (Å²) >= 11 is 3.23. The molecule has 0 unspecified atom stereocenters. The zero-order valence-electron chi connectivity index (χ0n) is 9.92. The number of amides is 1. The number of nitrogens with zero attached hydrogens (tertiary/aromatic N) is 2. The summed E-state index contributed by atoms with van der Waals surface area (Å²) < 4.78 is 27.3. The predicted molar refractivity (Wildman–Crippen MR) is 66.8 cm³/mol. The zero-order chi connectivity index (χ0) is 13.3. The molecule has 0 radical (unpaired) electrons. The maximum absolute atomic E-state index is 13.3. The molecular weight excluding hydrogens is 306 g/mol. The quantitative estimate of drug-likeness (QED) is 0.797. The summed E-state index contributed by atoms with van der Waals surface area (Å²) in [6.07, 6.45) is 1.77. The first-order chi connectivity index (χ1) is 8.39. The topological polar surface area (TPSA) is 33.2 Å². The molecule has 1 aliphatic rings. The number of hydrogen-bond donors (Lipinski definition) is 0. The van der Waals surface area contributed by atoms with E-state index < -0.39 is 12.5 Å². The number of likely N-dealkylation sites (tertiary alicyclic amines) is 1. The molecule has 0 saturated carbocycles. The monoisotopic (exact) mass is 318 g/mol. The lowest BCUT2D eigenvalue weighted by molar-refractivity contribution is -0.0560. The van der Waals surface area contributed by atoms with Gasteiger partial charge in [0.1, 0.15) is 0 Å². The van der Waals surface area contributed by atoms with Crippen molar-refractivity contribution < 1.29 is 13.6 Å². The molecule has 0 atom stereocenters. The number of alkyl halides is 2. The van der Waals surface area contributed by atoms with Gasteiger partial charge in [-0.2, -0.15) is 0 Å². The van der Waals surface area contributed by atoms with Crippen molar-refractivity contribution in [3.05, 3.63) is 28.0 Å². The second-order valence-corrected chi connectivity index (χ2v) is 5.39. The van der Waals surface area contributed by atoms with Crippen LogP contribution in [0.3, 0.4) is 0 Å². The van der Waals surface area contributed by atoms with Crippen molar-refractivity contribution >= 4 is 21.8 Å². The van der Waals surface area contributed by atoms with Crippen LogP contribution >= 0.6 is 15.9 Å². The molecule has 2 heterocycles. The van der Waals surface area contributed by atoms with Gasteiger partial charge in [-0.15, -0.1) is 0 Å². The Morgan fingerprint density at radius 1 is 1.56 bits per heavy atom. The van der Waals surface area contributed by atoms with Gasteiger partial charge in [0.05, 0.1) is 17.8 Å². The minimum Gasteiger partial charge on any atom is -0.333 e. The molecule has 1 aliphatic heterocycles. The Morgan fingerprint density at radius 2 is 2.28 bits per heavy atom. The summed E-state index contributed by atoms with van der Waals surface area (Å²) in [6, 6.07) is 1.62. The van der Waals surface area contributed by atoms with E-state index in [-0.39, 0.29) is 12.3 Å². The number of carbonyl (C=O) groups is 1. The number of hydrogen-bond acceptors (Lipinski definition) is 2. The molecule has 1 fully saturated rings. The van der Waals surface area contributed by atoms with Crippen molar-refractivity contribution in [2.75, 3.05) is 13.1 Å². The molecule has 6 heteroatoms. The van der Waals surface area contributed by atoms with Crippen LogP contribution in [0.15, 0.2) is 16.7 Å². The number of aryl methyl sites for hydroxylation is 1. The van der Waals surface area contributed by atoms with E-state index in [1.54, 1.807) is 19.2 Å². The SMILES string of the molecule is Cc1ncc(Br)cc1C(=O)N1CCCC(F)(F)C1. The van der Waals surface area contributed by atoms with Gasteiger partial charge >= 0.3 is 0 Å². The van der Waals surface area contributed by atoms with E-state index in [0.717, 1.165) is 0 Å². The van der Waals surface area contributed by atoms with Crippen LogP contribution in [-0.4, -0.2) is 34.8 Å². The van der Waals surface area contributed by atoms with E-state index in [1.165, 1.54) is 4.90 Å². The minimum atomic E-state index is -2.78. The van der Waals surface area contributed by atoms with Gasteiger partial charge in [-0.1, -0.05) is 0 Å². The van der Waals surface area contributed by atoms with Crippen LogP contribution in [-0.2, 0) is 0 Å². The van der Waals surface area contributed by atoms with Gasteiger partial charge in [0.15, 0.2) is 0 Å². The highest BCUT2D eigenvalue weighted by molar-refractivity contribution is 9.10. The number of rotatable bonds is 1. The van der Waals surface area contributed by atoms with Crippen molar-refractivity contribution in [2.45, 2.75) is 25.7 Å². The summed E-state index contributed by atoms with van der Waals surface area (Å²) in [5.41, 5.74) is 0.930. The number of piperidine rings is 1.